The average Bonchev–Trinajstić information content (AvgIpc) is 3.51. The Morgan fingerprint density at radius 2 is 1.64 bits per heavy atom. The summed E-state index contributed by atoms with van der Waals surface area (Å²) in [5.41, 5.74) is 2.69. The molecule has 4 saturated heterocycles. The van der Waals surface area contributed by atoms with Crippen molar-refractivity contribution in [1.82, 2.24) is 4.98 Å². The fraction of sp³-hybridized carbons (Fsp3) is 0.738. The molecule has 5 heterocycles. The summed E-state index contributed by atoms with van der Waals surface area (Å²) in [5, 5.41) is 14.7. The lowest BCUT2D eigenvalue weighted by Gasteiger charge is -2.66. The molecule has 1 aromatic carbocycles. The van der Waals surface area contributed by atoms with Gasteiger partial charge in [-0.3, -0.25) is 4.79 Å². The van der Waals surface area contributed by atoms with Gasteiger partial charge in [-0.1, -0.05) is 19.4 Å². The maximum atomic E-state index is 14.3. The van der Waals surface area contributed by atoms with Crippen LogP contribution in [0.2, 0.25) is 0 Å². The Hall–Kier alpha value is -2.07. The Morgan fingerprint density at radius 1 is 0.880 bits per heavy atom. The number of benzene rings is 1. The average molecular weight is 686 g/mol. The van der Waals surface area contributed by atoms with Crippen LogP contribution >= 0.6 is 0 Å². The Balaban J connectivity index is 1.07. The lowest BCUT2D eigenvalue weighted by atomic mass is 9.40. The van der Waals surface area contributed by atoms with E-state index in [1.807, 2.05) is 6.08 Å². The van der Waals surface area contributed by atoms with Crippen molar-refractivity contribution >= 4 is 16.7 Å². The lowest BCUT2D eigenvalue weighted by molar-refractivity contribution is -0.343. The Bertz CT molecular complexity index is 1900. The molecule has 8 aliphatic rings. The zero-order valence-corrected chi connectivity index (χ0v) is 31.5. The van der Waals surface area contributed by atoms with Gasteiger partial charge in [0.05, 0.1) is 28.8 Å². The third kappa shape index (κ3) is 3.54. The molecule has 10 rings (SSSR count). The molecular formula is C42H55NO7. The summed E-state index contributed by atoms with van der Waals surface area (Å²) in [6.07, 6.45) is 5.41. The molecule has 4 aliphatic heterocycles. The summed E-state index contributed by atoms with van der Waals surface area (Å²) in [7, 11) is 0. The van der Waals surface area contributed by atoms with Crippen LogP contribution in [0.3, 0.4) is 0 Å². The molecular weight excluding hydrogens is 630 g/mol. The normalized spacial score (nSPS) is 48.3. The number of carbonyl (C=O) groups excluding carboxylic acids is 1. The van der Waals surface area contributed by atoms with Crippen molar-refractivity contribution in [1.29, 1.82) is 0 Å². The van der Waals surface area contributed by atoms with Crippen LogP contribution in [-0.4, -0.2) is 74.6 Å². The monoisotopic (exact) mass is 685 g/mol. The van der Waals surface area contributed by atoms with Gasteiger partial charge in [0.2, 0.25) is 0 Å². The van der Waals surface area contributed by atoms with Crippen molar-refractivity contribution < 1.29 is 33.6 Å². The fourth-order valence-corrected chi connectivity index (χ4v) is 13.6. The SMILES string of the molecule is CC(C)=C[C@H]1O[C@H]2[C@H]3OC34C(CC[C@]3(C)[C@@]5(C)c6[nH]c7ccc8c(c7c6C[C@@H]5CC[C@@]43O)C[C@@H]3[C@@H](C8=O)C(C)(C)OC3(C)C)O[C@@H]2C(C)(C)O1. The second kappa shape index (κ2) is 9.34. The number of hydrogen-bond acceptors (Lipinski definition) is 7. The number of fused-ring (bicyclic) bond motifs is 12. The molecule has 2 saturated carbocycles. The Labute approximate surface area is 296 Å². The van der Waals surface area contributed by atoms with Gasteiger partial charge in [0.25, 0.3) is 0 Å². The highest BCUT2D eigenvalue weighted by molar-refractivity contribution is 6.06. The van der Waals surface area contributed by atoms with E-state index in [0.717, 1.165) is 48.8 Å². The first-order chi connectivity index (χ1) is 23.3. The number of H-pyrrole nitrogens is 1. The Kier molecular flexibility index (Phi) is 6.09. The summed E-state index contributed by atoms with van der Waals surface area (Å²) in [4.78, 5) is 18.2. The molecule has 12 atom stereocenters. The van der Waals surface area contributed by atoms with Gasteiger partial charge in [-0.05, 0) is 129 Å². The van der Waals surface area contributed by atoms with Gasteiger partial charge >= 0.3 is 0 Å². The largest absolute Gasteiger partial charge is 0.386 e. The summed E-state index contributed by atoms with van der Waals surface area (Å²) in [6.45, 7) is 21.5. The number of aromatic nitrogens is 1. The standard InChI is InChI=1S/C42H55NO7/c1-20(2)17-28-47-32-34(38(7,8)48-28)46-27-14-15-39(9)40(10)21(13-16-41(39,45)42(27)35(32)49-42)18-24-29-23-19-25-30(37(5,6)50-36(25,3)4)31(44)22(23)11-12-26(29)43-33(24)40/h11-12,17,21,25,27-28,30,32,34-35,43,45H,13-16,18-19H2,1-10H3/t21-,25+,27?,28-,30-,32+,34-,35+,39+,40+,41-,42?/m0/s1. The van der Waals surface area contributed by atoms with Crippen LogP contribution in [-0.2, 0) is 41.9 Å². The van der Waals surface area contributed by atoms with E-state index in [-0.39, 0.29) is 53.1 Å². The van der Waals surface area contributed by atoms with Crippen LogP contribution in [0.4, 0.5) is 0 Å². The first-order valence-electron chi connectivity index (χ1n) is 19.3. The fourth-order valence-electron chi connectivity index (χ4n) is 13.6. The molecule has 1 aromatic heterocycles. The van der Waals surface area contributed by atoms with Gasteiger partial charge in [0.15, 0.2) is 17.7 Å². The van der Waals surface area contributed by atoms with Crippen LogP contribution in [0.15, 0.2) is 23.8 Å². The van der Waals surface area contributed by atoms with Crippen LogP contribution in [0, 0.1) is 23.2 Å². The molecule has 0 amide bonds. The van der Waals surface area contributed by atoms with Crippen molar-refractivity contribution in [2.24, 2.45) is 23.2 Å². The van der Waals surface area contributed by atoms with Gasteiger partial charge in [0.1, 0.15) is 23.9 Å². The van der Waals surface area contributed by atoms with Crippen LogP contribution in [0.5, 0.6) is 0 Å². The predicted octanol–water partition coefficient (Wildman–Crippen LogP) is 6.87. The number of carbonyl (C=O) groups is 1. The molecule has 0 radical (unpaired) electrons. The number of ether oxygens (including phenoxy) is 5. The molecule has 2 N–H and O–H groups in total. The van der Waals surface area contributed by atoms with Crippen molar-refractivity contribution in [3.8, 4) is 0 Å². The van der Waals surface area contributed by atoms with E-state index in [0.29, 0.717) is 12.3 Å². The van der Waals surface area contributed by atoms with Gasteiger partial charge < -0.3 is 33.8 Å². The second-order valence-electron chi connectivity index (χ2n) is 19.6. The number of allylic oxidation sites excluding steroid dienone is 1. The van der Waals surface area contributed by atoms with E-state index < -0.39 is 34.1 Å². The highest BCUT2D eigenvalue weighted by Gasteiger charge is 2.87. The molecule has 50 heavy (non-hydrogen) atoms. The summed E-state index contributed by atoms with van der Waals surface area (Å²) in [6, 6.07) is 4.19. The predicted molar refractivity (Wildman–Crippen MR) is 188 cm³/mol. The quantitative estimate of drug-likeness (QED) is 0.250. The first-order valence-corrected chi connectivity index (χ1v) is 19.3. The molecule has 0 bridgehead atoms. The number of hydrogen-bond donors (Lipinski definition) is 2. The van der Waals surface area contributed by atoms with Gasteiger partial charge in [-0.25, -0.2) is 0 Å². The van der Waals surface area contributed by atoms with Crippen molar-refractivity contribution in [3.05, 3.63) is 46.2 Å². The minimum absolute atomic E-state index is 0.123. The minimum Gasteiger partial charge on any atom is -0.386 e. The summed E-state index contributed by atoms with van der Waals surface area (Å²) in [5.74, 6) is 0.568. The van der Waals surface area contributed by atoms with Crippen LogP contribution < -0.4 is 0 Å². The topological polar surface area (TPSA) is 103 Å². The minimum atomic E-state index is -1.11. The van der Waals surface area contributed by atoms with Crippen molar-refractivity contribution in [3.63, 3.8) is 0 Å². The number of nitrogens with one attached hydrogen (secondary N) is 1. The van der Waals surface area contributed by atoms with E-state index in [1.54, 1.807) is 0 Å². The molecule has 6 fully saturated rings. The number of aliphatic hydroxyl groups is 1. The first kappa shape index (κ1) is 32.6. The van der Waals surface area contributed by atoms with Gasteiger partial charge in [-0.15, -0.1) is 0 Å². The Morgan fingerprint density at radius 3 is 2.38 bits per heavy atom. The van der Waals surface area contributed by atoms with E-state index in [4.69, 9.17) is 23.7 Å². The maximum Gasteiger partial charge on any atom is 0.178 e. The third-order valence-corrected chi connectivity index (χ3v) is 15.9. The van der Waals surface area contributed by atoms with E-state index in [1.165, 1.54) is 22.2 Å². The number of Topliss-reactive ketones (excluding diaryl/α,β-unsaturated/α-hetero) is 1. The molecule has 2 unspecified atom stereocenters. The van der Waals surface area contributed by atoms with Gasteiger partial charge in [0, 0.05) is 38.9 Å². The molecule has 8 nitrogen and oxygen atoms in total. The molecule has 4 aliphatic carbocycles. The molecule has 2 aromatic rings. The highest BCUT2D eigenvalue weighted by Crippen LogP contribution is 2.75. The smallest absolute Gasteiger partial charge is 0.178 e. The van der Waals surface area contributed by atoms with E-state index >= 15 is 0 Å². The molecule has 270 valence electrons. The van der Waals surface area contributed by atoms with Crippen molar-refractivity contribution in [2.75, 3.05) is 0 Å². The third-order valence-electron chi connectivity index (χ3n) is 15.9. The lowest BCUT2D eigenvalue weighted by Crippen LogP contribution is -2.77. The highest BCUT2D eigenvalue weighted by atomic mass is 16.8. The zero-order valence-electron chi connectivity index (χ0n) is 31.5. The number of ketones is 1. The van der Waals surface area contributed by atoms with E-state index in [9.17, 15) is 9.90 Å². The van der Waals surface area contributed by atoms with Crippen molar-refractivity contribution in [2.45, 2.75) is 172 Å². The van der Waals surface area contributed by atoms with Crippen LogP contribution in [0.1, 0.15) is 122 Å². The number of epoxide rings is 1. The number of aromatic amines is 1. The number of rotatable bonds is 1. The van der Waals surface area contributed by atoms with Crippen LogP contribution in [0.25, 0.3) is 10.9 Å². The second-order valence-corrected chi connectivity index (χ2v) is 19.6. The summed E-state index contributed by atoms with van der Waals surface area (Å²) < 4.78 is 33.4. The maximum absolute atomic E-state index is 14.3. The zero-order chi connectivity index (χ0) is 35.3. The molecule has 1 spiro atoms. The molecule has 8 heteroatoms. The van der Waals surface area contributed by atoms with Gasteiger partial charge in [-0.2, -0.15) is 0 Å². The van der Waals surface area contributed by atoms with E-state index in [2.05, 4.69) is 86.4 Å². The summed E-state index contributed by atoms with van der Waals surface area (Å²) >= 11 is 0.